The summed E-state index contributed by atoms with van der Waals surface area (Å²) < 4.78 is 32.2. The lowest BCUT2D eigenvalue weighted by molar-refractivity contribution is 0.224. The number of ether oxygens (including phenoxy) is 1. The van der Waals surface area contributed by atoms with Gasteiger partial charge in [-0.3, -0.25) is 0 Å². The zero-order valence-corrected chi connectivity index (χ0v) is 13.6. The van der Waals surface area contributed by atoms with Crippen molar-refractivity contribution in [3.63, 3.8) is 0 Å². The summed E-state index contributed by atoms with van der Waals surface area (Å²) in [5.41, 5.74) is 0.989. The first kappa shape index (κ1) is 21.4. The van der Waals surface area contributed by atoms with Gasteiger partial charge in [-0.25, -0.2) is 4.39 Å². The second-order valence-corrected chi connectivity index (χ2v) is 3.83. The molecule has 0 radical (unpaired) electrons. The van der Waals surface area contributed by atoms with Gasteiger partial charge in [0, 0.05) is 5.57 Å². The first-order valence-electron chi connectivity index (χ1n) is 6.96. The Morgan fingerprint density at radius 2 is 1.48 bits per heavy atom. The van der Waals surface area contributed by atoms with Crippen molar-refractivity contribution in [3.05, 3.63) is 72.6 Å². The van der Waals surface area contributed by atoms with Gasteiger partial charge in [-0.2, -0.15) is 4.39 Å². The van der Waals surface area contributed by atoms with Gasteiger partial charge in [-0.1, -0.05) is 64.8 Å². The van der Waals surface area contributed by atoms with Crippen molar-refractivity contribution in [2.45, 2.75) is 34.1 Å². The fourth-order valence-electron chi connectivity index (χ4n) is 1.07. The normalized spacial score (nSPS) is 11.1. The molecule has 0 heterocycles. The van der Waals surface area contributed by atoms with Crippen LogP contribution in [0.5, 0.6) is 0 Å². The largest absolute Gasteiger partial charge is 0.491 e. The number of allylic oxidation sites excluding steroid dienone is 7. The summed E-state index contributed by atoms with van der Waals surface area (Å²) in [6, 6.07) is 0. The van der Waals surface area contributed by atoms with E-state index < -0.39 is 11.7 Å². The topological polar surface area (TPSA) is 9.23 Å². The summed E-state index contributed by atoms with van der Waals surface area (Å²) in [6.07, 6.45) is 4.00. The molecule has 0 amide bonds. The van der Waals surface area contributed by atoms with Crippen LogP contribution in [0.2, 0.25) is 0 Å². The molecular weight excluding hydrogens is 270 g/mol. The summed E-state index contributed by atoms with van der Waals surface area (Å²) in [5.74, 6) is -2.62. The van der Waals surface area contributed by atoms with Crippen LogP contribution in [0.25, 0.3) is 0 Å². The Kier molecular flexibility index (Phi) is 12.1. The lowest BCUT2D eigenvalue weighted by atomic mass is 10.1. The van der Waals surface area contributed by atoms with Crippen molar-refractivity contribution < 1.29 is 13.5 Å². The molecule has 118 valence electrons. The van der Waals surface area contributed by atoms with Crippen LogP contribution in [-0.2, 0) is 4.74 Å². The van der Waals surface area contributed by atoms with E-state index in [1.54, 1.807) is 19.1 Å². The van der Waals surface area contributed by atoms with Crippen molar-refractivity contribution in [1.82, 2.24) is 0 Å². The molecule has 21 heavy (non-hydrogen) atoms. The van der Waals surface area contributed by atoms with E-state index in [1.165, 1.54) is 0 Å². The van der Waals surface area contributed by atoms with Crippen molar-refractivity contribution in [3.8, 4) is 0 Å². The van der Waals surface area contributed by atoms with E-state index in [4.69, 9.17) is 4.74 Å². The third kappa shape index (κ3) is 8.08. The summed E-state index contributed by atoms with van der Waals surface area (Å²) in [4.78, 5) is 0. The predicted octanol–water partition coefficient (Wildman–Crippen LogP) is 6.35. The molecule has 0 atom stereocenters. The van der Waals surface area contributed by atoms with E-state index in [-0.39, 0.29) is 23.5 Å². The Hall–Kier alpha value is -1.90. The van der Waals surface area contributed by atoms with E-state index in [9.17, 15) is 8.78 Å². The van der Waals surface area contributed by atoms with Gasteiger partial charge in [0.2, 0.25) is 5.83 Å². The van der Waals surface area contributed by atoms with Gasteiger partial charge in [0.15, 0.2) is 11.6 Å². The Bertz CT molecular complexity index is 454. The maximum Gasteiger partial charge on any atom is 0.200 e. The minimum absolute atomic E-state index is 0.140. The van der Waals surface area contributed by atoms with Crippen LogP contribution in [0.1, 0.15) is 34.1 Å². The number of hydrogen-bond acceptors (Lipinski definition) is 1. The van der Waals surface area contributed by atoms with Crippen molar-refractivity contribution in [1.29, 1.82) is 0 Å². The molecule has 0 fully saturated rings. The summed E-state index contributed by atoms with van der Waals surface area (Å²) in [5, 5.41) is 0. The molecule has 0 aromatic heterocycles. The Morgan fingerprint density at radius 1 is 0.952 bits per heavy atom. The van der Waals surface area contributed by atoms with Crippen LogP contribution in [0.4, 0.5) is 8.78 Å². The molecule has 0 saturated heterocycles. The highest BCUT2D eigenvalue weighted by atomic mass is 19.2. The molecule has 0 aliphatic heterocycles. The lowest BCUT2D eigenvalue weighted by Crippen LogP contribution is -1.95. The van der Waals surface area contributed by atoms with E-state index in [0.29, 0.717) is 0 Å². The van der Waals surface area contributed by atoms with E-state index in [1.807, 2.05) is 20.8 Å². The molecule has 1 nitrogen and oxygen atoms in total. The highest BCUT2D eigenvalue weighted by molar-refractivity contribution is 5.49. The molecule has 0 unspecified atom stereocenters. The zero-order chi connectivity index (χ0) is 17.0. The van der Waals surface area contributed by atoms with Gasteiger partial charge in [0.05, 0.1) is 6.61 Å². The highest BCUT2D eigenvalue weighted by Gasteiger charge is 2.15. The fraction of sp³-hybridized carbons (Fsp3) is 0.333. The Morgan fingerprint density at radius 3 is 1.90 bits per heavy atom. The first-order valence-corrected chi connectivity index (χ1v) is 6.96. The van der Waals surface area contributed by atoms with Crippen molar-refractivity contribution in [2.75, 3.05) is 6.61 Å². The zero-order valence-electron chi connectivity index (χ0n) is 13.6. The van der Waals surface area contributed by atoms with Crippen LogP contribution in [0.3, 0.4) is 0 Å². The molecule has 0 spiro atoms. The van der Waals surface area contributed by atoms with Crippen molar-refractivity contribution >= 4 is 0 Å². The maximum absolute atomic E-state index is 13.8. The number of rotatable bonds is 8. The average Bonchev–Trinajstić information content (AvgIpc) is 2.51. The Balaban J connectivity index is 0. The second kappa shape index (κ2) is 11.9. The summed E-state index contributed by atoms with van der Waals surface area (Å²) >= 11 is 0. The standard InChI is InChI=1S/C16H20F2O.C2H6/c1-7-11(3)9-10-12(4)13(5)15(17)16(18)14(6)19-8-2;1-2/h9-10H,3-8H2,1-2H3;1-2H3/b10-9-,16-15-;. The van der Waals surface area contributed by atoms with Crippen molar-refractivity contribution in [2.24, 2.45) is 0 Å². The average molecular weight is 296 g/mol. The van der Waals surface area contributed by atoms with Crippen LogP contribution >= 0.6 is 0 Å². The van der Waals surface area contributed by atoms with Gasteiger partial charge in [-0.15, -0.1) is 0 Å². The summed E-state index contributed by atoms with van der Waals surface area (Å²) in [6.45, 7) is 22.0. The second-order valence-electron chi connectivity index (χ2n) is 3.83. The van der Waals surface area contributed by atoms with Crippen LogP contribution in [-0.4, -0.2) is 6.61 Å². The number of halogens is 2. The fourth-order valence-corrected chi connectivity index (χ4v) is 1.07. The quantitative estimate of drug-likeness (QED) is 0.374. The van der Waals surface area contributed by atoms with Crippen LogP contribution in [0.15, 0.2) is 72.6 Å². The molecule has 0 aliphatic rings. The van der Waals surface area contributed by atoms with Gasteiger partial charge < -0.3 is 4.74 Å². The molecule has 0 saturated carbocycles. The smallest absolute Gasteiger partial charge is 0.200 e. The highest BCUT2D eigenvalue weighted by Crippen LogP contribution is 2.26. The SMILES string of the molecule is C=C(/C=C\C(=C)C(=C)/C(F)=C(/F)C(=C)OCC)CC.CC. The van der Waals surface area contributed by atoms with Gasteiger partial charge in [0.25, 0.3) is 0 Å². The molecule has 0 rings (SSSR count). The van der Waals surface area contributed by atoms with Crippen LogP contribution < -0.4 is 0 Å². The minimum atomic E-state index is -1.16. The summed E-state index contributed by atoms with van der Waals surface area (Å²) in [7, 11) is 0. The molecule has 0 aromatic rings. The van der Waals surface area contributed by atoms with Crippen LogP contribution in [0, 0.1) is 0 Å². The monoisotopic (exact) mass is 296 g/mol. The van der Waals surface area contributed by atoms with E-state index in [2.05, 4.69) is 26.3 Å². The van der Waals surface area contributed by atoms with Gasteiger partial charge in [-0.05, 0) is 18.9 Å². The molecule has 0 N–H and O–H groups in total. The molecule has 0 aromatic carbocycles. The van der Waals surface area contributed by atoms with E-state index >= 15 is 0 Å². The third-order valence-corrected chi connectivity index (χ3v) is 2.38. The first-order chi connectivity index (χ1) is 9.84. The lowest BCUT2D eigenvalue weighted by Gasteiger charge is -2.08. The van der Waals surface area contributed by atoms with Gasteiger partial charge >= 0.3 is 0 Å². The Labute approximate surface area is 127 Å². The molecular formula is C18H26F2O. The molecule has 3 heteroatoms. The maximum atomic E-state index is 13.8. The van der Waals surface area contributed by atoms with E-state index in [0.717, 1.165) is 12.0 Å². The number of hydrogen-bond donors (Lipinski definition) is 0. The third-order valence-electron chi connectivity index (χ3n) is 2.38. The minimum Gasteiger partial charge on any atom is -0.491 e. The van der Waals surface area contributed by atoms with Gasteiger partial charge in [0.1, 0.15) is 0 Å². The molecule has 0 aliphatic carbocycles. The molecule has 0 bridgehead atoms. The predicted molar refractivity (Wildman–Crippen MR) is 88.2 cm³/mol.